The van der Waals surface area contributed by atoms with Gasteiger partial charge in [-0.1, -0.05) is 18.2 Å². The van der Waals surface area contributed by atoms with Crippen molar-refractivity contribution in [3.8, 4) is 5.75 Å². The molecule has 1 rings (SSSR count). The summed E-state index contributed by atoms with van der Waals surface area (Å²) in [5, 5.41) is 0. The van der Waals surface area contributed by atoms with Crippen LogP contribution in [0.1, 0.15) is 0 Å². The SMILES string of the molecule is Cl.Cl.OP(O)(=S)Oc1ccccc1. The van der Waals surface area contributed by atoms with E-state index in [-0.39, 0.29) is 24.8 Å². The third kappa shape index (κ3) is 7.26. The highest BCUT2D eigenvalue weighted by atomic mass is 35.5. The molecule has 0 amide bonds. The molecule has 0 aliphatic carbocycles. The Balaban J connectivity index is 0. The van der Waals surface area contributed by atoms with Crippen LogP contribution in [-0.4, -0.2) is 9.79 Å². The summed E-state index contributed by atoms with van der Waals surface area (Å²) in [6.07, 6.45) is 0. The Labute approximate surface area is 93.8 Å². The third-order valence-electron chi connectivity index (χ3n) is 0.968. The lowest BCUT2D eigenvalue weighted by Gasteiger charge is -2.08. The molecule has 0 radical (unpaired) electrons. The van der Waals surface area contributed by atoms with Gasteiger partial charge in [0.2, 0.25) is 0 Å². The first-order valence-corrected chi connectivity index (χ1v) is 5.51. The second-order valence-electron chi connectivity index (χ2n) is 1.89. The van der Waals surface area contributed by atoms with E-state index in [1.54, 1.807) is 30.3 Å². The number of hydrogen-bond acceptors (Lipinski definition) is 2. The first-order valence-electron chi connectivity index (χ1n) is 2.88. The summed E-state index contributed by atoms with van der Waals surface area (Å²) in [6.45, 7) is -3.55. The molecule has 0 spiro atoms. The average molecular weight is 263 g/mol. The van der Waals surface area contributed by atoms with Crippen LogP contribution in [0.5, 0.6) is 5.75 Å². The lowest BCUT2D eigenvalue weighted by molar-refractivity contribution is 0.370. The van der Waals surface area contributed by atoms with Crippen molar-refractivity contribution in [1.82, 2.24) is 0 Å². The maximum atomic E-state index is 8.73. The molecule has 0 aliphatic heterocycles. The molecule has 2 N–H and O–H groups in total. The van der Waals surface area contributed by atoms with E-state index in [1.807, 2.05) is 0 Å². The van der Waals surface area contributed by atoms with Gasteiger partial charge in [-0.25, -0.2) is 0 Å². The minimum absolute atomic E-state index is 0. The molecule has 0 aliphatic rings. The molecule has 1 aromatic rings. The molecule has 0 unspecified atom stereocenters. The Bertz CT molecular complexity index is 276. The van der Waals surface area contributed by atoms with Crippen LogP contribution in [0.25, 0.3) is 0 Å². The van der Waals surface area contributed by atoms with Crippen LogP contribution in [0.4, 0.5) is 0 Å². The van der Waals surface area contributed by atoms with Crippen LogP contribution < -0.4 is 4.52 Å². The predicted octanol–water partition coefficient (Wildman–Crippen LogP) is 2.12. The molecule has 0 fully saturated rings. The van der Waals surface area contributed by atoms with E-state index in [0.29, 0.717) is 5.75 Å². The molecule has 0 heterocycles. The topological polar surface area (TPSA) is 49.7 Å². The quantitative estimate of drug-likeness (QED) is 0.802. The fourth-order valence-electron chi connectivity index (χ4n) is 0.619. The Morgan fingerprint density at radius 2 is 1.54 bits per heavy atom. The summed E-state index contributed by atoms with van der Waals surface area (Å²) in [7, 11) is 0. The van der Waals surface area contributed by atoms with Crippen LogP contribution in [-0.2, 0) is 11.8 Å². The van der Waals surface area contributed by atoms with Crippen LogP contribution in [0.15, 0.2) is 30.3 Å². The summed E-state index contributed by atoms with van der Waals surface area (Å²) in [4.78, 5) is 17.5. The maximum Gasteiger partial charge on any atom is 0.375 e. The van der Waals surface area contributed by atoms with Crippen LogP contribution in [0.2, 0.25) is 0 Å². The Morgan fingerprint density at radius 3 is 1.92 bits per heavy atom. The van der Waals surface area contributed by atoms with Crippen molar-refractivity contribution in [2.45, 2.75) is 0 Å². The zero-order valence-corrected chi connectivity index (χ0v) is 9.71. The summed E-state index contributed by atoms with van der Waals surface area (Å²) in [5.74, 6) is 0.376. The third-order valence-corrected chi connectivity index (χ3v) is 1.64. The number of para-hydroxylation sites is 1. The minimum atomic E-state index is -3.55. The zero-order chi connectivity index (χ0) is 8.32. The molecular formula is C6H9Cl2O3PS. The predicted molar refractivity (Wildman–Crippen MR) is 60.3 cm³/mol. The average Bonchev–Trinajstić information content (AvgIpc) is 1.85. The fraction of sp³-hybridized carbons (Fsp3) is 0. The van der Waals surface area contributed by atoms with E-state index in [2.05, 4.69) is 16.3 Å². The number of benzene rings is 1. The standard InChI is InChI=1S/C6H7O3PS.2ClH/c7-10(8,11)9-6-4-2-1-3-5-6;;/h1-5H,(H2,7,8,11);2*1H. The van der Waals surface area contributed by atoms with Crippen molar-refractivity contribution in [3.05, 3.63) is 30.3 Å². The second-order valence-corrected chi connectivity index (χ2v) is 4.49. The van der Waals surface area contributed by atoms with Crippen molar-refractivity contribution >= 4 is 43.3 Å². The van der Waals surface area contributed by atoms with Crippen molar-refractivity contribution in [2.75, 3.05) is 0 Å². The lowest BCUT2D eigenvalue weighted by Crippen LogP contribution is -1.88. The smallest absolute Gasteiger partial charge is 0.375 e. The summed E-state index contributed by atoms with van der Waals surface area (Å²) < 4.78 is 4.64. The van der Waals surface area contributed by atoms with Gasteiger partial charge in [0.05, 0.1) is 0 Å². The maximum absolute atomic E-state index is 8.73. The molecule has 0 atom stereocenters. The monoisotopic (exact) mass is 262 g/mol. The molecule has 1 aromatic carbocycles. The first-order chi connectivity index (χ1) is 5.08. The molecule has 3 nitrogen and oxygen atoms in total. The zero-order valence-electron chi connectivity index (χ0n) is 6.36. The number of hydrogen-bond donors (Lipinski definition) is 2. The molecule has 0 saturated heterocycles. The van der Waals surface area contributed by atoms with E-state index in [9.17, 15) is 0 Å². The number of halogens is 2. The van der Waals surface area contributed by atoms with Gasteiger partial charge in [0, 0.05) is 11.8 Å². The van der Waals surface area contributed by atoms with Crippen molar-refractivity contribution in [3.63, 3.8) is 0 Å². The van der Waals surface area contributed by atoms with Gasteiger partial charge in [0.25, 0.3) is 0 Å². The van der Waals surface area contributed by atoms with Crippen LogP contribution >= 0.6 is 31.5 Å². The summed E-state index contributed by atoms with van der Waals surface area (Å²) >= 11 is 4.27. The molecule has 0 saturated carbocycles. The highest BCUT2D eigenvalue weighted by Crippen LogP contribution is 2.37. The molecule has 0 bridgehead atoms. The molecule has 7 heteroatoms. The van der Waals surface area contributed by atoms with Gasteiger partial charge in [-0.2, -0.15) is 0 Å². The molecule has 0 aromatic heterocycles. The van der Waals surface area contributed by atoms with E-state index in [1.165, 1.54) is 0 Å². The molecule has 13 heavy (non-hydrogen) atoms. The minimum Gasteiger partial charge on any atom is -0.424 e. The van der Waals surface area contributed by atoms with Gasteiger partial charge in [0.15, 0.2) is 0 Å². The summed E-state index contributed by atoms with van der Waals surface area (Å²) in [6, 6.07) is 8.45. The van der Waals surface area contributed by atoms with E-state index in [0.717, 1.165) is 0 Å². The number of rotatable bonds is 2. The van der Waals surface area contributed by atoms with Gasteiger partial charge in [-0.15, -0.1) is 24.8 Å². The van der Waals surface area contributed by atoms with E-state index in [4.69, 9.17) is 9.79 Å². The highest BCUT2D eigenvalue weighted by Gasteiger charge is 2.08. The second kappa shape index (κ2) is 6.60. The van der Waals surface area contributed by atoms with Gasteiger partial charge in [-0.05, 0) is 12.1 Å². The normalized spacial score (nSPS) is 9.38. The Hall–Kier alpha value is 0.170. The molecular weight excluding hydrogens is 254 g/mol. The van der Waals surface area contributed by atoms with E-state index >= 15 is 0 Å². The van der Waals surface area contributed by atoms with Gasteiger partial charge in [-0.3, -0.25) is 0 Å². The Kier molecular flexibility index (Phi) is 7.93. The van der Waals surface area contributed by atoms with Crippen molar-refractivity contribution in [2.24, 2.45) is 0 Å². The van der Waals surface area contributed by atoms with E-state index < -0.39 is 6.72 Å². The summed E-state index contributed by atoms with van der Waals surface area (Å²) in [5.41, 5.74) is 0. The van der Waals surface area contributed by atoms with Gasteiger partial charge in [0.1, 0.15) is 5.75 Å². The van der Waals surface area contributed by atoms with Crippen molar-refractivity contribution < 1.29 is 14.3 Å². The molecule has 76 valence electrons. The Morgan fingerprint density at radius 1 is 1.08 bits per heavy atom. The van der Waals surface area contributed by atoms with Gasteiger partial charge < -0.3 is 14.3 Å². The van der Waals surface area contributed by atoms with Crippen LogP contribution in [0.3, 0.4) is 0 Å². The lowest BCUT2D eigenvalue weighted by atomic mass is 10.3. The largest absolute Gasteiger partial charge is 0.424 e. The fourth-order valence-corrected chi connectivity index (χ4v) is 1.27. The first kappa shape index (κ1) is 15.6. The van der Waals surface area contributed by atoms with Crippen LogP contribution in [0, 0.1) is 0 Å². The highest BCUT2D eigenvalue weighted by molar-refractivity contribution is 8.06. The van der Waals surface area contributed by atoms with Gasteiger partial charge >= 0.3 is 6.72 Å². The van der Waals surface area contributed by atoms with Crippen molar-refractivity contribution in [1.29, 1.82) is 0 Å².